The van der Waals surface area contributed by atoms with Crippen molar-refractivity contribution in [3.8, 4) is 0 Å². The Bertz CT molecular complexity index is 688. The van der Waals surface area contributed by atoms with Gasteiger partial charge in [-0.2, -0.15) is 0 Å². The second-order valence-electron chi connectivity index (χ2n) is 5.02. The molecule has 0 aliphatic heterocycles. The lowest BCUT2D eigenvalue weighted by Gasteiger charge is -2.05. The van der Waals surface area contributed by atoms with Gasteiger partial charge in [0.1, 0.15) is 11.6 Å². The predicted molar refractivity (Wildman–Crippen MR) is 81.4 cm³/mol. The zero-order chi connectivity index (χ0) is 15.4. The Labute approximate surface area is 123 Å². The van der Waals surface area contributed by atoms with E-state index < -0.39 is 0 Å². The molecule has 2 aromatic rings. The van der Waals surface area contributed by atoms with Gasteiger partial charge in [-0.3, -0.25) is 4.79 Å². The monoisotopic (exact) mass is 289 g/mol. The van der Waals surface area contributed by atoms with Crippen LogP contribution in [0.2, 0.25) is 0 Å². The van der Waals surface area contributed by atoms with Crippen LogP contribution in [0, 0.1) is 5.82 Å². The lowest BCUT2D eigenvalue weighted by atomic mass is 10.2. The highest BCUT2D eigenvalue weighted by atomic mass is 19.1. The topological polar surface area (TPSA) is 46.9 Å². The molecule has 112 valence electrons. The number of hydrogen-bond acceptors (Lipinski definition) is 2. The number of carbonyl (C=O) groups is 1. The van der Waals surface area contributed by atoms with Gasteiger partial charge >= 0.3 is 0 Å². The minimum absolute atomic E-state index is 0.0540. The summed E-state index contributed by atoms with van der Waals surface area (Å²) in [7, 11) is 1.86. The van der Waals surface area contributed by atoms with Gasteiger partial charge in [-0.15, -0.1) is 0 Å². The molecule has 2 rings (SSSR count). The van der Waals surface area contributed by atoms with E-state index in [0.29, 0.717) is 13.0 Å². The molecule has 5 heteroatoms. The summed E-state index contributed by atoms with van der Waals surface area (Å²) in [6, 6.07) is 4.54. The third kappa shape index (κ3) is 3.48. The number of aryl methyl sites for hydroxylation is 1. The summed E-state index contributed by atoms with van der Waals surface area (Å²) in [5, 5.41) is 2.86. The lowest BCUT2D eigenvalue weighted by molar-refractivity contribution is -0.117. The minimum Gasteiger partial charge on any atom is -0.352 e. The number of amides is 1. The molecule has 1 amide bonds. The maximum Gasteiger partial charge on any atom is 0.246 e. The summed E-state index contributed by atoms with van der Waals surface area (Å²) < 4.78 is 15.1. The Morgan fingerprint density at radius 3 is 2.95 bits per heavy atom. The summed E-state index contributed by atoms with van der Waals surface area (Å²) in [5.41, 5.74) is 2.25. The fourth-order valence-electron chi connectivity index (χ4n) is 2.26. The molecule has 0 radical (unpaired) electrons. The molecule has 0 aliphatic carbocycles. The van der Waals surface area contributed by atoms with Crippen molar-refractivity contribution in [2.75, 3.05) is 6.54 Å². The molecule has 0 aliphatic rings. The van der Waals surface area contributed by atoms with Crippen LogP contribution in [0.5, 0.6) is 0 Å². The number of rotatable bonds is 5. The van der Waals surface area contributed by atoms with Gasteiger partial charge in [0.15, 0.2) is 0 Å². The van der Waals surface area contributed by atoms with Gasteiger partial charge in [0.2, 0.25) is 5.91 Å². The first kappa shape index (κ1) is 15.2. The van der Waals surface area contributed by atoms with Crippen molar-refractivity contribution in [1.82, 2.24) is 14.9 Å². The summed E-state index contributed by atoms with van der Waals surface area (Å²) in [4.78, 5) is 16.2. The van der Waals surface area contributed by atoms with Crippen LogP contribution in [-0.2, 0) is 18.3 Å². The van der Waals surface area contributed by atoms with E-state index in [4.69, 9.17) is 0 Å². The molecule has 0 bridgehead atoms. The van der Waals surface area contributed by atoms with E-state index in [1.807, 2.05) is 24.6 Å². The Morgan fingerprint density at radius 1 is 1.48 bits per heavy atom. The Balaban J connectivity index is 2.03. The molecule has 0 atom stereocenters. The summed E-state index contributed by atoms with van der Waals surface area (Å²) in [6.45, 7) is 4.30. The van der Waals surface area contributed by atoms with Crippen LogP contribution in [0.3, 0.4) is 0 Å². The molecule has 4 nitrogen and oxygen atoms in total. The van der Waals surface area contributed by atoms with Crippen molar-refractivity contribution in [1.29, 1.82) is 0 Å². The quantitative estimate of drug-likeness (QED) is 0.860. The fourth-order valence-corrected chi connectivity index (χ4v) is 2.26. The predicted octanol–water partition coefficient (Wildman–Crippen LogP) is 2.73. The summed E-state index contributed by atoms with van der Waals surface area (Å²) in [5.74, 6) is 0.500. The first-order valence-corrected chi connectivity index (χ1v) is 7.08. The van der Waals surface area contributed by atoms with Crippen molar-refractivity contribution in [3.63, 3.8) is 0 Å². The van der Waals surface area contributed by atoms with Crippen molar-refractivity contribution in [3.05, 3.63) is 41.5 Å². The molecular weight excluding hydrogens is 269 g/mol. The molecule has 21 heavy (non-hydrogen) atoms. The van der Waals surface area contributed by atoms with Gasteiger partial charge in [-0.1, -0.05) is 13.0 Å². The van der Waals surface area contributed by atoms with Crippen molar-refractivity contribution in [2.24, 2.45) is 7.05 Å². The average molecular weight is 289 g/mol. The number of imidazole rings is 1. The van der Waals surface area contributed by atoms with Gasteiger partial charge in [0, 0.05) is 25.6 Å². The average Bonchev–Trinajstić information content (AvgIpc) is 2.76. The standard InChI is InChI=1S/C16H20FN3O/c1-4-5-11(2)16(21)18-9-8-15-19-13-7-6-12(17)10-14(13)20(15)3/h5-7,10H,4,8-9H2,1-3H3,(H,18,21). The van der Waals surface area contributed by atoms with Crippen LogP contribution in [0.25, 0.3) is 11.0 Å². The van der Waals surface area contributed by atoms with Crippen LogP contribution >= 0.6 is 0 Å². The van der Waals surface area contributed by atoms with E-state index in [2.05, 4.69) is 10.3 Å². The lowest BCUT2D eigenvalue weighted by Crippen LogP contribution is -2.27. The van der Waals surface area contributed by atoms with Gasteiger partial charge in [0.05, 0.1) is 11.0 Å². The van der Waals surface area contributed by atoms with Crippen molar-refractivity contribution >= 4 is 16.9 Å². The van der Waals surface area contributed by atoms with Gasteiger partial charge in [-0.05, 0) is 31.5 Å². The van der Waals surface area contributed by atoms with Gasteiger partial charge in [-0.25, -0.2) is 9.37 Å². The van der Waals surface area contributed by atoms with E-state index >= 15 is 0 Å². The van der Waals surface area contributed by atoms with E-state index in [1.54, 1.807) is 13.0 Å². The zero-order valence-corrected chi connectivity index (χ0v) is 12.6. The SMILES string of the molecule is CCC=C(C)C(=O)NCCc1nc2ccc(F)cc2n1C. The maximum atomic E-state index is 13.2. The summed E-state index contributed by atoms with van der Waals surface area (Å²) >= 11 is 0. The molecular formula is C16H20FN3O. The normalized spacial score (nSPS) is 11.9. The van der Waals surface area contributed by atoms with E-state index in [1.165, 1.54) is 12.1 Å². The molecule has 0 saturated heterocycles. The van der Waals surface area contributed by atoms with E-state index in [-0.39, 0.29) is 11.7 Å². The highest BCUT2D eigenvalue weighted by molar-refractivity contribution is 5.92. The molecule has 1 aromatic carbocycles. The molecule has 0 fully saturated rings. The van der Waals surface area contributed by atoms with E-state index in [0.717, 1.165) is 28.9 Å². The van der Waals surface area contributed by atoms with Gasteiger partial charge < -0.3 is 9.88 Å². The second kappa shape index (κ2) is 6.52. The molecule has 1 N–H and O–H groups in total. The first-order chi connectivity index (χ1) is 10.0. The number of carbonyl (C=O) groups excluding carboxylic acids is 1. The van der Waals surface area contributed by atoms with Crippen LogP contribution in [0.4, 0.5) is 4.39 Å². The van der Waals surface area contributed by atoms with Crippen LogP contribution < -0.4 is 5.32 Å². The number of nitrogens with zero attached hydrogens (tertiary/aromatic N) is 2. The zero-order valence-electron chi connectivity index (χ0n) is 12.6. The van der Waals surface area contributed by atoms with Crippen LogP contribution in [0.1, 0.15) is 26.1 Å². The van der Waals surface area contributed by atoms with Crippen molar-refractivity contribution in [2.45, 2.75) is 26.7 Å². The Morgan fingerprint density at radius 2 is 2.24 bits per heavy atom. The van der Waals surface area contributed by atoms with Crippen molar-refractivity contribution < 1.29 is 9.18 Å². The third-order valence-electron chi connectivity index (χ3n) is 3.44. The largest absolute Gasteiger partial charge is 0.352 e. The molecule has 1 heterocycles. The Hall–Kier alpha value is -2.17. The smallest absolute Gasteiger partial charge is 0.246 e. The second-order valence-corrected chi connectivity index (χ2v) is 5.02. The number of benzene rings is 1. The number of allylic oxidation sites excluding steroid dienone is 1. The maximum absolute atomic E-state index is 13.2. The molecule has 0 unspecified atom stereocenters. The number of aromatic nitrogens is 2. The molecule has 0 saturated carbocycles. The minimum atomic E-state index is -0.273. The van der Waals surface area contributed by atoms with E-state index in [9.17, 15) is 9.18 Å². The first-order valence-electron chi connectivity index (χ1n) is 7.08. The number of hydrogen-bond donors (Lipinski definition) is 1. The van der Waals surface area contributed by atoms with Crippen LogP contribution in [0.15, 0.2) is 29.8 Å². The number of fused-ring (bicyclic) bond motifs is 1. The van der Waals surface area contributed by atoms with Gasteiger partial charge in [0.25, 0.3) is 0 Å². The number of nitrogens with one attached hydrogen (secondary N) is 1. The summed E-state index contributed by atoms with van der Waals surface area (Å²) in [6.07, 6.45) is 3.35. The molecule has 0 spiro atoms. The number of halogens is 1. The highest BCUT2D eigenvalue weighted by Crippen LogP contribution is 2.16. The fraction of sp³-hybridized carbons (Fsp3) is 0.375. The molecule has 1 aromatic heterocycles. The third-order valence-corrected chi connectivity index (χ3v) is 3.44. The highest BCUT2D eigenvalue weighted by Gasteiger charge is 2.09. The Kier molecular flexibility index (Phi) is 4.73. The van der Waals surface area contributed by atoms with Crippen LogP contribution in [-0.4, -0.2) is 22.0 Å².